The molecule has 0 saturated carbocycles. The van der Waals surface area contributed by atoms with Crippen LogP contribution >= 0.6 is 22.9 Å². The van der Waals surface area contributed by atoms with Crippen LogP contribution in [-0.4, -0.2) is 18.0 Å². The molecule has 0 spiro atoms. The lowest BCUT2D eigenvalue weighted by atomic mass is 10.0. The lowest BCUT2D eigenvalue weighted by molar-refractivity contribution is 0.0380. The molecular weight excluding hydrogens is 446 g/mol. The number of hydrogen-bond acceptors (Lipinski definition) is 5. The zero-order valence-corrected chi connectivity index (χ0v) is 19.0. The van der Waals surface area contributed by atoms with Crippen molar-refractivity contribution >= 4 is 39.8 Å². The first-order valence-corrected chi connectivity index (χ1v) is 11.2. The van der Waals surface area contributed by atoms with Crippen LogP contribution in [0.1, 0.15) is 34.8 Å². The maximum absolute atomic E-state index is 12.9. The Hall–Kier alpha value is -3.35. The lowest BCUT2D eigenvalue weighted by Crippen LogP contribution is -2.16. The molecule has 0 atom stereocenters. The molecule has 7 heteroatoms. The van der Waals surface area contributed by atoms with E-state index in [9.17, 15) is 9.59 Å². The first kappa shape index (κ1) is 21.9. The fraction of sp³-hybridized carbons (Fsp3) is 0.120. The summed E-state index contributed by atoms with van der Waals surface area (Å²) in [5.41, 5.74) is 2.70. The van der Waals surface area contributed by atoms with Gasteiger partial charge in [-0.05, 0) is 55.8 Å². The Morgan fingerprint density at radius 2 is 1.69 bits per heavy atom. The highest BCUT2D eigenvalue weighted by Crippen LogP contribution is 2.37. The summed E-state index contributed by atoms with van der Waals surface area (Å²) in [4.78, 5) is 25.7. The fourth-order valence-electron chi connectivity index (χ4n) is 3.15. The Morgan fingerprint density at radius 3 is 2.38 bits per heavy atom. The summed E-state index contributed by atoms with van der Waals surface area (Å²) in [7, 11) is 0. The van der Waals surface area contributed by atoms with Gasteiger partial charge in [0.2, 0.25) is 0 Å². The predicted molar refractivity (Wildman–Crippen MR) is 127 cm³/mol. The second-order valence-corrected chi connectivity index (χ2v) is 8.61. The number of nitrogens with one attached hydrogen (secondary N) is 1. The number of carbonyl (C=O) groups is 2. The molecule has 4 aromatic rings. The zero-order valence-electron chi connectivity index (χ0n) is 17.4. The smallest absolute Gasteiger partial charge is 0.342 e. The van der Waals surface area contributed by atoms with E-state index >= 15 is 0 Å². The number of rotatable bonds is 6. The summed E-state index contributed by atoms with van der Waals surface area (Å²) in [6.45, 7) is 3.57. The monoisotopic (exact) mass is 465 g/mol. The number of amides is 1. The molecular formula is C25H20ClNO4S. The molecule has 0 unspecified atom stereocenters. The van der Waals surface area contributed by atoms with Crippen molar-refractivity contribution in [2.24, 2.45) is 0 Å². The Morgan fingerprint density at radius 1 is 0.969 bits per heavy atom. The molecule has 5 nitrogen and oxygen atoms in total. The zero-order chi connectivity index (χ0) is 22.7. The van der Waals surface area contributed by atoms with E-state index in [1.165, 1.54) is 11.3 Å². The van der Waals surface area contributed by atoms with Crippen molar-refractivity contribution in [3.05, 3.63) is 88.5 Å². The van der Waals surface area contributed by atoms with Gasteiger partial charge in [-0.25, -0.2) is 4.79 Å². The van der Waals surface area contributed by atoms with Gasteiger partial charge in [0.1, 0.15) is 16.3 Å². The van der Waals surface area contributed by atoms with Crippen molar-refractivity contribution in [3.63, 3.8) is 0 Å². The Bertz CT molecular complexity index is 1240. The van der Waals surface area contributed by atoms with Crippen LogP contribution in [0.3, 0.4) is 0 Å². The average molecular weight is 466 g/mol. The van der Waals surface area contributed by atoms with E-state index in [-0.39, 0.29) is 11.9 Å². The Labute approximate surface area is 194 Å². The molecule has 2 heterocycles. The average Bonchev–Trinajstić information content (AvgIpc) is 3.42. The van der Waals surface area contributed by atoms with Crippen molar-refractivity contribution in [2.45, 2.75) is 20.0 Å². The van der Waals surface area contributed by atoms with Crippen LogP contribution in [0.2, 0.25) is 5.02 Å². The molecule has 2 aromatic heterocycles. The van der Waals surface area contributed by atoms with Crippen LogP contribution in [0.25, 0.3) is 22.5 Å². The highest BCUT2D eigenvalue weighted by Gasteiger charge is 2.25. The van der Waals surface area contributed by atoms with E-state index in [0.717, 1.165) is 11.1 Å². The minimum absolute atomic E-state index is 0.132. The van der Waals surface area contributed by atoms with Gasteiger partial charge in [-0.2, -0.15) is 0 Å². The molecule has 0 aliphatic heterocycles. The summed E-state index contributed by atoms with van der Waals surface area (Å²) < 4.78 is 11.2. The van der Waals surface area contributed by atoms with Crippen LogP contribution < -0.4 is 5.32 Å². The SMILES string of the molecule is CC(C)OC(=O)c1c(-c2ccccc2)csc1NC(=O)c1ccc(-c2ccc(Cl)cc2)o1. The topological polar surface area (TPSA) is 68.5 Å². The summed E-state index contributed by atoms with van der Waals surface area (Å²) >= 11 is 7.20. The Balaban J connectivity index is 1.62. The van der Waals surface area contributed by atoms with Gasteiger partial charge < -0.3 is 14.5 Å². The second kappa shape index (κ2) is 9.42. The summed E-state index contributed by atoms with van der Waals surface area (Å²) in [6, 6.07) is 19.9. The molecule has 4 rings (SSSR count). The molecule has 0 bridgehead atoms. The summed E-state index contributed by atoms with van der Waals surface area (Å²) in [5, 5.41) is 5.67. The first-order valence-electron chi connectivity index (χ1n) is 9.97. The number of furan rings is 1. The minimum atomic E-state index is -0.489. The predicted octanol–water partition coefficient (Wildman–Crippen LogP) is 7.15. The van der Waals surface area contributed by atoms with Crippen LogP contribution in [-0.2, 0) is 4.74 Å². The van der Waals surface area contributed by atoms with Crippen LogP contribution in [0, 0.1) is 0 Å². The van der Waals surface area contributed by atoms with Crippen molar-refractivity contribution in [1.29, 1.82) is 0 Å². The third kappa shape index (κ3) is 4.77. The number of halogens is 1. The van der Waals surface area contributed by atoms with E-state index in [2.05, 4.69) is 5.32 Å². The number of thiophene rings is 1. The molecule has 1 N–H and O–H groups in total. The molecule has 1 amide bonds. The largest absolute Gasteiger partial charge is 0.459 e. The maximum Gasteiger partial charge on any atom is 0.342 e. The summed E-state index contributed by atoms with van der Waals surface area (Å²) in [6.07, 6.45) is -0.290. The normalized spacial score (nSPS) is 10.9. The van der Waals surface area contributed by atoms with E-state index < -0.39 is 11.9 Å². The van der Waals surface area contributed by atoms with Gasteiger partial charge in [0.25, 0.3) is 5.91 Å². The van der Waals surface area contributed by atoms with E-state index in [0.29, 0.717) is 26.9 Å². The number of ether oxygens (including phenoxy) is 1. The van der Waals surface area contributed by atoms with Crippen LogP contribution in [0.15, 0.2) is 76.5 Å². The quantitative estimate of drug-likeness (QED) is 0.307. The van der Waals surface area contributed by atoms with Crippen molar-refractivity contribution < 1.29 is 18.7 Å². The Kier molecular flexibility index (Phi) is 6.44. The van der Waals surface area contributed by atoms with Gasteiger partial charge in [-0.1, -0.05) is 41.9 Å². The standard InChI is InChI=1S/C25H20ClNO4S/c1-15(2)30-25(29)22-19(16-6-4-3-5-7-16)14-32-24(22)27-23(28)21-13-12-20(31-21)17-8-10-18(26)11-9-17/h3-15H,1-2H3,(H,27,28). The summed E-state index contributed by atoms with van der Waals surface area (Å²) in [5.74, 6) is -0.267. The van der Waals surface area contributed by atoms with Gasteiger partial charge in [0.15, 0.2) is 5.76 Å². The number of anilines is 1. The van der Waals surface area contributed by atoms with Gasteiger partial charge in [0, 0.05) is 21.5 Å². The van der Waals surface area contributed by atoms with Gasteiger partial charge >= 0.3 is 5.97 Å². The van der Waals surface area contributed by atoms with Crippen LogP contribution in [0.4, 0.5) is 5.00 Å². The molecule has 162 valence electrons. The maximum atomic E-state index is 12.9. The second-order valence-electron chi connectivity index (χ2n) is 7.30. The van der Waals surface area contributed by atoms with E-state index in [1.54, 1.807) is 38.1 Å². The third-order valence-electron chi connectivity index (χ3n) is 4.61. The number of esters is 1. The highest BCUT2D eigenvalue weighted by atomic mass is 35.5. The first-order chi connectivity index (χ1) is 15.4. The number of carbonyl (C=O) groups excluding carboxylic acids is 2. The number of benzene rings is 2. The minimum Gasteiger partial charge on any atom is -0.459 e. The highest BCUT2D eigenvalue weighted by molar-refractivity contribution is 7.15. The lowest BCUT2D eigenvalue weighted by Gasteiger charge is -2.11. The molecule has 0 saturated heterocycles. The molecule has 0 radical (unpaired) electrons. The molecule has 2 aromatic carbocycles. The molecule has 32 heavy (non-hydrogen) atoms. The molecule has 0 aliphatic carbocycles. The van der Waals surface area contributed by atoms with Gasteiger partial charge in [0.05, 0.1) is 6.10 Å². The van der Waals surface area contributed by atoms with E-state index in [4.69, 9.17) is 20.8 Å². The fourth-order valence-corrected chi connectivity index (χ4v) is 4.23. The van der Waals surface area contributed by atoms with Crippen LogP contribution in [0.5, 0.6) is 0 Å². The van der Waals surface area contributed by atoms with Gasteiger partial charge in [-0.15, -0.1) is 11.3 Å². The van der Waals surface area contributed by atoms with Crippen molar-refractivity contribution in [2.75, 3.05) is 5.32 Å². The van der Waals surface area contributed by atoms with Gasteiger partial charge in [-0.3, -0.25) is 4.79 Å². The molecule has 0 fully saturated rings. The van der Waals surface area contributed by atoms with Crippen molar-refractivity contribution in [3.8, 4) is 22.5 Å². The van der Waals surface area contributed by atoms with E-state index in [1.807, 2.05) is 47.8 Å². The molecule has 0 aliphatic rings. The number of hydrogen-bond donors (Lipinski definition) is 1. The van der Waals surface area contributed by atoms with Crippen molar-refractivity contribution in [1.82, 2.24) is 0 Å². The third-order valence-corrected chi connectivity index (χ3v) is 5.76.